The lowest BCUT2D eigenvalue weighted by molar-refractivity contribution is 0.0696. The van der Waals surface area contributed by atoms with Crippen LogP contribution in [0.5, 0.6) is 0 Å². The van der Waals surface area contributed by atoms with Crippen LogP contribution in [-0.4, -0.2) is 27.8 Å². The van der Waals surface area contributed by atoms with E-state index in [1.54, 1.807) is 36.5 Å². The summed E-state index contributed by atoms with van der Waals surface area (Å²) >= 11 is 0. The Labute approximate surface area is 166 Å². The molecule has 1 aromatic heterocycles. The van der Waals surface area contributed by atoms with Gasteiger partial charge in [-0.25, -0.2) is 10.2 Å². The number of carboxylic acids is 1. The van der Waals surface area contributed by atoms with Crippen LogP contribution in [0.1, 0.15) is 26.4 Å². The van der Waals surface area contributed by atoms with Crippen LogP contribution in [0.4, 0.5) is 0 Å². The van der Waals surface area contributed by atoms with Gasteiger partial charge in [-0.15, -0.1) is 0 Å². The summed E-state index contributed by atoms with van der Waals surface area (Å²) in [6.07, 6.45) is 3.38. The molecule has 0 aliphatic heterocycles. The minimum absolute atomic E-state index is 0.221. The van der Waals surface area contributed by atoms with Crippen LogP contribution >= 0.6 is 0 Å². The second kappa shape index (κ2) is 7.82. The first-order chi connectivity index (χ1) is 14.1. The number of benzene rings is 3. The van der Waals surface area contributed by atoms with Crippen LogP contribution in [-0.2, 0) is 0 Å². The highest BCUT2D eigenvalue weighted by Crippen LogP contribution is 2.16. The Hall–Kier alpha value is -4.19. The predicted octanol–water partition coefficient (Wildman–Crippen LogP) is 4.09. The van der Waals surface area contributed by atoms with Gasteiger partial charge in [0.25, 0.3) is 5.91 Å². The fourth-order valence-electron chi connectivity index (χ4n) is 3.05. The largest absolute Gasteiger partial charge is 0.478 e. The summed E-state index contributed by atoms with van der Waals surface area (Å²) in [6, 6.07) is 23.5. The van der Waals surface area contributed by atoms with Crippen LogP contribution < -0.4 is 5.43 Å². The first kappa shape index (κ1) is 18.2. The Morgan fingerprint density at radius 3 is 2.34 bits per heavy atom. The maximum Gasteiger partial charge on any atom is 0.335 e. The fourth-order valence-corrected chi connectivity index (χ4v) is 3.05. The van der Waals surface area contributed by atoms with E-state index in [0.29, 0.717) is 5.56 Å². The molecule has 1 heterocycles. The first-order valence-electron chi connectivity index (χ1n) is 8.95. The van der Waals surface area contributed by atoms with Crippen molar-refractivity contribution in [3.8, 4) is 5.69 Å². The van der Waals surface area contributed by atoms with E-state index in [1.165, 1.54) is 0 Å². The average molecular weight is 383 g/mol. The summed E-state index contributed by atoms with van der Waals surface area (Å²) in [7, 11) is 0. The van der Waals surface area contributed by atoms with Crippen molar-refractivity contribution in [3.05, 3.63) is 102 Å². The molecular formula is C23H17N3O3. The third-order valence-corrected chi connectivity index (χ3v) is 4.55. The predicted molar refractivity (Wildman–Crippen MR) is 112 cm³/mol. The molecule has 29 heavy (non-hydrogen) atoms. The SMILES string of the molecule is O=C(O)c1ccc(-n2cccc2/C=N\NC(=O)c2ccc3ccccc3c2)cc1. The first-order valence-corrected chi connectivity index (χ1v) is 8.95. The van der Waals surface area contributed by atoms with E-state index in [4.69, 9.17) is 5.11 Å². The Morgan fingerprint density at radius 2 is 1.59 bits per heavy atom. The van der Waals surface area contributed by atoms with Gasteiger partial charge in [-0.05, 0) is 59.3 Å². The minimum Gasteiger partial charge on any atom is -0.478 e. The number of aromatic nitrogens is 1. The Balaban J connectivity index is 1.49. The molecule has 0 aliphatic rings. The van der Waals surface area contributed by atoms with E-state index in [-0.39, 0.29) is 11.5 Å². The van der Waals surface area contributed by atoms with Gasteiger partial charge in [0.1, 0.15) is 0 Å². The van der Waals surface area contributed by atoms with Crippen molar-refractivity contribution in [1.29, 1.82) is 0 Å². The van der Waals surface area contributed by atoms with Gasteiger partial charge in [-0.3, -0.25) is 4.79 Å². The van der Waals surface area contributed by atoms with Crippen molar-refractivity contribution in [2.75, 3.05) is 0 Å². The number of aromatic carboxylic acids is 1. The molecular weight excluding hydrogens is 366 g/mol. The number of fused-ring (bicyclic) bond motifs is 1. The van der Waals surface area contributed by atoms with Gasteiger partial charge in [-0.1, -0.05) is 30.3 Å². The highest BCUT2D eigenvalue weighted by Gasteiger charge is 2.07. The van der Waals surface area contributed by atoms with Crippen molar-refractivity contribution >= 4 is 28.9 Å². The molecule has 0 saturated carbocycles. The number of carboxylic acid groups (broad SMARTS) is 1. The summed E-state index contributed by atoms with van der Waals surface area (Å²) in [4.78, 5) is 23.4. The van der Waals surface area contributed by atoms with Crippen molar-refractivity contribution < 1.29 is 14.7 Å². The molecule has 0 bridgehead atoms. The number of hydrogen-bond donors (Lipinski definition) is 2. The Morgan fingerprint density at radius 1 is 0.862 bits per heavy atom. The van der Waals surface area contributed by atoms with Crippen molar-refractivity contribution in [2.45, 2.75) is 0 Å². The van der Waals surface area contributed by atoms with Gasteiger partial charge >= 0.3 is 5.97 Å². The lowest BCUT2D eigenvalue weighted by atomic mass is 10.1. The highest BCUT2D eigenvalue weighted by atomic mass is 16.4. The van der Waals surface area contributed by atoms with E-state index in [2.05, 4.69) is 10.5 Å². The lowest BCUT2D eigenvalue weighted by Crippen LogP contribution is -2.17. The van der Waals surface area contributed by atoms with Gasteiger partial charge in [0.2, 0.25) is 0 Å². The number of carbonyl (C=O) groups excluding carboxylic acids is 1. The summed E-state index contributed by atoms with van der Waals surface area (Å²) in [5.74, 6) is -1.27. The van der Waals surface area contributed by atoms with Crippen molar-refractivity contribution in [2.24, 2.45) is 5.10 Å². The maximum atomic E-state index is 12.4. The number of amides is 1. The third-order valence-electron chi connectivity index (χ3n) is 4.55. The van der Waals surface area contributed by atoms with Gasteiger partial charge in [0.15, 0.2) is 0 Å². The highest BCUT2D eigenvalue weighted by molar-refractivity contribution is 5.99. The number of hydrazone groups is 1. The molecule has 0 radical (unpaired) electrons. The normalized spacial score (nSPS) is 11.0. The molecule has 0 fully saturated rings. The van der Waals surface area contributed by atoms with Crippen LogP contribution in [0.2, 0.25) is 0 Å². The molecule has 2 N–H and O–H groups in total. The zero-order valence-corrected chi connectivity index (χ0v) is 15.3. The smallest absolute Gasteiger partial charge is 0.335 e. The number of carbonyl (C=O) groups is 2. The van der Waals surface area contributed by atoms with Crippen LogP contribution in [0.15, 0.2) is 90.2 Å². The van der Waals surface area contributed by atoms with Crippen LogP contribution in [0, 0.1) is 0 Å². The second-order valence-corrected chi connectivity index (χ2v) is 6.42. The molecule has 0 atom stereocenters. The van der Waals surface area contributed by atoms with E-state index in [1.807, 2.05) is 59.3 Å². The average Bonchev–Trinajstić information content (AvgIpc) is 3.22. The topological polar surface area (TPSA) is 83.7 Å². The molecule has 0 saturated heterocycles. The van der Waals surface area contributed by atoms with Gasteiger partial charge in [0, 0.05) is 17.4 Å². The quantitative estimate of drug-likeness (QED) is 0.402. The standard InChI is InChI=1S/C23H17N3O3/c27-22(19-8-7-16-4-1-2-5-18(16)14-19)25-24-15-21-6-3-13-26(21)20-11-9-17(10-12-20)23(28)29/h1-15H,(H,25,27)(H,28,29)/b24-15-. The van der Waals surface area contributed by atoms with Crippen molar-refractivity contribution in [3.63, 3.8) is 0 Å². The number of nitrogens with zero attached hydrogens (tertiary/aromatic N) is 2. The fraction of sp³-hybridized carbons (Fsp3) is 0. The number of hydrogen-bond acceptors (Lipinski definition) is 3. The van der Waals surface area contributed by atoms with Gasteiger partial charge < -0.3 is 9.67 Å². The number of rotatable bonds is 5. The Kier molecular flexibility index (Phi) is 4.90. The van der Waals surface area contributed by atoms with Crippen LogP contribution in [0.3, 0.4) is 0 Å². The van der Waals surface area contributed by atoms with Gasteiger partial charge in [0.05, 0.1) is 17.5 Å². The summed E-state index contributed by atoms with van der Waals surface area (Å²) in [5.41, 5.74) is 4.83. The molecule has 0 spiro atoms. The summed E-state index contributed by atoms with van der Waals surface area (Å²) in [6.45, 7) is 0. The summed E-state index contributed by atoms with van der Waals surface area (Å²) in [5, 5.41) is 15.1. The zero-order valence-electron chi connectivity index (χ0n) is 15.3. The minimum atomic E-state index is -0.970. The molecule has 6 heteroatoms. The van der Waals surface area contributed by atoms with E-state index >= 15 is 0 Å². The van der Waals surface area contributed by atoms with E-state index in [0.717, 1.165) is 22.2 Å². The molecule has 142 valence electrons. The third kappa shape index (κ3) is 3.91. The molecule has 3 aromatic carbocycles. The second-order valence-electron chi connectivity index (χ2n) is 6.42. The Bertz CT molecular complexity index is 1220. The molecule has 0 unspecified atom stereocenters. The van der Waals surface area contributed by atoms with E-state index in [9.17, 15) is 9.59 Å². The molecule has 6 nitrogen and oxygen atoms in total. The van der Waals surface area contributed by atoms with Crippen LogP contribution in [0.25, 0.3) is 16.5 Å². The molecule has 4 aromatic rings. The number of nitrogens with one attached hydrogen (secondary N) is 1. The van der Waals surface area contributed by atoms with E-state index < -0.39 is 5.97 Å². The van der Waals surface area contributed by atoms with Crippen molar-refractivity contribution in [1.82, 2.24) is 9.99 Å². The summed E-state index contributed by atoms with van der Waals surface area (Å²) < 4.78 is 1.84. The molecule has 1 amide bonds. The molecule has 4 rings (SSSR count). The lowest BCUT2D eigenvalue weighted by Gasteiger charge is -2.07. The maximum absolute atomic E-state index is 12.4. The van der Waals surface area contributed by atoms with Gasteiger partial charge in [-0.2, -0.15) is 5.10 Å². The zero-order chi connectivity index (χ0) is 20.2. The monoisotopic (exact) mass is 383 g/mol. The molecule has 0 aliphatic carbocycles.